The van der Waals surface area contributed by atoms with Gasteiger partial charge in [0.25, 0.3) is 0 Å². The summed E-state index contributed by atoms with van der Waals surface area (Å²) in [5.74, 6) is -0.535. The summed E-state index contributed by atoms with van der Waals surface area (Å²) in [5.41, 5.74) is -0.846. The van der Waals surface area contributed by atoms with Gasteiger partial charge >= 0.3 is 6.18 Å². The van der Waals surface area contributed by atoms with E-state index in [0.29, 0.717) is 11.2 Å². The Hall–Kier alpha value is -2.35. The number of imidazole rings is 1. The van der Waals surface area contributed by atoms with Crippen LogP contribution >= 0.6 is 11.3 Å². The van der Waals surface area contributed by atoms with Crippen molar-refractivity contribution in [2.24, 2.45) is 0 Å². The van der Waals surface area contributed by atoms with Gasteiger partial charge in [-0.25, -0.2) is 0 Å². The molecule has 0 bridgehead atoms. The first-order valence-electron chi connectivity index (χ1n) is 5.75. The number of carbonyl (C=O) groups is 1. The SMILES string of the molecule is O=Cc1c(Oc2ccccc2C(F)(F)F)nc2sccn12. The minimum absolute atomic E-state index is 0.0724. The zero-order valence-corrected chi connectivity index (χ0v) is 11.1. The standard InChI is InChI=1S/C13H7F3N2O2S/c14-13(15,16)8-3-1-2-4-10(8)20-11-9(7-19)18-5-6-21-12(18)17-11/h1-7H. The number of para-hydroxylation sites is 1. The third-order valence-corrected chi connectivity index (χ3v) is 3.53. The number of thiazole rings is 1. The molecule has 0 radical (unpaired) electrons. The molecule has 2 aromatic heterocycles. The summed E-state index contributed by atoms with van der Waals surface area (Å²) in [6.07, 6.45) is -2.45. The monoisotopic (exact) mass is 312 g/mol. The molecular formula is C13H7F3N2O2S. The third-order valence-electron chi connectivity index (χ3n) is 2.78. The molecular weight excluding hydrogens is 305 g/mol. The number of hydrogen-bond acceptors (Lipinski definition) is 4. The average Bonchev–Trinajstić information content (AvgIpc) is 2.98. The molecule has 0 spiro atoms. The molecule has 0 aliphatic rings. The van der Waals surface area contributed by atoms with Crippen molar-refractivity contribution in [1.82, 2.24) is 9.38 Å². The average molecular weight is 312 g/mol. The molecule has 4 nitrogen and oxygen atoms in total. The van der Waals surface area contributed by atoms with E-state index in [-0.39, 0.29) is 17.3 Å². The molecule has 1 aromatic carbocycles. The Morgan fingerprint density at radius 3 is 2.76 bits per heavy atom. The minimum Gasteiger partial charge on any atom is -0.436 e. The highest BCUT2D eigenvalue weighted by Crippen LogP contribution is 2.38. The van der Waals surface area contributed by atoms with Gasteiger partial charge in [0, 0.05) is 11.6 Å². The van der Waals surface area contributed by atoms with E-state index in [1.807, 2.05) is 0 Å². The van der Waals surface area contributed by atoms with E-state index >= 15 is 0 Å². The van der Waals surface area contributed by atoms with Crippen molar-refractivity contribution in [2.45, 2.75) is 6.18 Å². The second kappa shape index (κ2) is 4.88. The van der Waals surface area contributed by atoms with Crippen LogP contribution in [0.4, 0.5) is 13.2 Å². The maximum absolute atomic E-state index is 12.9. The molecule has 0 fully saturated rings. The molecule has 8 heteroatoms. The van der Waals surface area contributed by atoms with E-state index in [0.717, 1.165) is 6.07 Å². The zero-order chi connectivity index (χ0) is 15.0. The first-order chi connectivity index (χ1) is 10.0. The smallest absolute Gasteiger partial charge is 0.419 e. The number of halogens is 3. The number of aromatic nitrogens is 2. The van der Waals surface area contributed by atoms with Crippen molar-refractivity contribution in [3.63, 3.8) is 0 Å². The van der Waals surface area contributed by atoms with Gasteiger partial charge in [0.2, 0.25) is 5.88 Å². The lowest BCUT2D eigenvalue weighted by molar-refractivity contribution is -0.138. The van der Waals surface area contributed by atoms with E-state index in [2.05, 4.69) is 4.98 Å². The Labute approximate surface area is 120 Å². The molecule has 0 amide bonds. The lowest BCUT2D eigenvalue weighted by Crippen LogP contribution is -2.07. The first-order valence-corrected chi connectivity index (χ1v) is 6.63. The maximum Gasteiger partial charge on any atom is 0.419 e. The highest BCUT2D eigenvalue weighted by atomic mass is 32.1. The van der Waals surface area contributed by atoms with Crippen molar-refractivity contribution in [1.29, 1.82) is 0 Å². The number of fused-ring (bicyclic) bond motifs is 1. The number of nitrogens with zero attached hydrogens (tertiary/aromatic N) is 2. The molecule has 0 atom stereocenters. The third kappa shape index (κ3) is 2.38. The predicted octanol–water partition coefficient (Wildman–Crippen LogP) is 4.02. The Kier molecular flexibility index (Phi) is 3.17. The Balaban J connectivity index is 2.07. The number of ether oxygens (including phenoxy) is 1. The van der Waals surface area contributed by atoms with Gasteiger partial charge in [0.15, 0.2) is 16.9 Å². The second-order valence-corrected chi connectivity index (χ2v) is 4.94. The zero-order valence-electron chi connectivity index (χ0n) is 10.3. The topological polar surface area (TPSA) is 43.6 Å². The van der Waals surface area contributed by atoms with E-state index < -0.39 is 11.7 Å². The van der Waals surface area contributed by atoms with Crippen LogP contribution < -0.4 is 4.74 Å². The fourth-order valence-electron chi connectivity index (χ4n) is 1.86. The molecule has 3 aromatic rings. The van der Waals surface area contributed by atoms with E-state index in [1.54, 1.807) is 11.6 Å². The molecule has 21 heavy (non-hydrogen) atoms. The number of alkyl halides is 3. The molecule has 3 rings (SSSR count). The lowest BCUT2D eigenvalue weighted by atomic mass is 10.2. The van der Waals surface area contributed by atoms with Gasteiger partial charge in [0.1, 0.15) is 5.75 Å². The molecule has 2 heterocycles. The number of rotatable bonds is 3. The van der Waals surface area contributed by atoms with Crippen LogP contribution in [-0.2, 0) is 6.18 Å². The van der Waals surface area contributed by atoms with Crippen LogP contribution in [0, 0.1) is 0 Å². The maximum atomic E-state index is 12.9. The molecule has 108 valence electrons. The minimum atomic E-state index is -4.55. The van der Waals surface area contributed by atoms with Crippen LogP contribution in [0.15, 0.2) is 35.8 Å². The highest BCUT2D eigenvalue weighted by Gasteiger charge is 2.34. The van der Waals surface area contributed by atoms with Crippen molar-refractivity contribution < 1.29 is 22.7 Å². The molecule has 0 aliphatic carbocycles. The van der Waals surface area contributed by atoms with Crippen LogP contribution in [0.1, 0.15) is 16.1 Å². The van der Waals surface area contributed by atoms with Crippen LogP contribution in [0.25, 0.3) is 4.96 Å². The number of aldehydes is 1. The summed E-state index contributed by atoms with van der Waals surface area (Å²) in [5, 5.41) is 1.71. The predicted molar refractivity (Wildman–Crippen MR) is 70.0 cm³/mol. The quantitative estimate of drug-likeness (QED) is 0.686. The largest absolute Gasteiger partial charge is 0.436 e. The summed E-state index contributed by atoms with van der Waals surface area (Å²) in [6.45, 7) is 0. The summed E-state index contributed by atoms with van der Waals surface area (Å²) >= 11 is 1.25. The van der Waals surface area contributed by atoms with E-state index in [9.17, 15) is 18.0 Å². The van der Waals surface area contributed by atoms with Gasteiger partial charge in [-0.3, -0.25) is 9.20 Å². The van der Waals surface area contributed by atoms with Crippen molar-refractivity contribution in [3.8, 4) is 11.6 Å². The molecule has 0 saturated heterocycles. The van der Waals surface area contributed by atoms with Gasteiger partial charge in [-0.05, 0) is 12.1 Å². The normalized spacial score (nSPS) is 11.8. The van der Waals surface area contributed by atoms with Crippen molar-refractivity contribution >= 4 is 22.6 Å². The Morgan fingerprint density at radius 2 is 2.05 bits per heavy atom. The van der Waals surface area contributed by atoms with Gasteiger partial charge in [-0.1, -0.05) is 12.1 Å². The van der Waals surface area contributed by atoms with Gasteiger partial charge < -0.3 is 4.74 Å². The van der Waals surface area contributed by atoms with Crippen LogP contribution in [0.3, 0.4) is 0 Å². The van der Waals surface area contributed by atoms with Crippen LogP contribution in [0.5, 0.6) is 11.6 Å². The van der Waals surface area contributed by atoms with E-state index in [1.165, 1.54) is 33.9 Å². The fraction of sp³-hybridized carbons (Fsp3) is 0.0769. The summed E-state index contributed by atoms with van der Waals surface area (Å²) in [4.78, 5) is 15.6. The molecule has 0 saturated carbocycles. The molecule has 0 N–H and O–H groups in total. The number of carbonyl (C=O) groups excluding carboxylic acids is 1. The summed E-state index contributed by atoms with van der Waals surface area (Å²) in [7, 11) is 0. The summed E-state index contributed by atoms with van der Waals surface area (Å²) < 4.78 is 45.4. The lowest BCUT2D eigenvalue weighted by Gasteiger charge is -2.12. The summed E-state index contributed by atoms with van der Waals surface area (Å²) in [6, 6.07) is 4.78. The Morgan fingerprint density at radius 1 is 1.29 bits per heavy atom. The van der Waals surface area contributed by atoms with Gasteiger partial charge in [-0.2, -0.15) is 18.2 Å². The van der Waals surface area contributed by atoms with Crippen LogP contribution in [0.2, 0.25) is 0 Å². The van der Waals surface area contributed by atoms with Crippen molar-refractivity contribution in [2.75, 3.05) is 0 Å². The number of hydrogen-bond donors (Lipinski definition) is 0. The number of benzene rings is 1. The van der Waals surface area contributed by atoms with Gasteiger partial charge in [0.05, 0.1) is 5.56 Å². The fourth-order valence-corrected chi connectivity index (χ4v) is 2.57. The second-order valence-electron chi connectivity index (χ2n) is 4.07. The van der Waals surface area contributed by atoms with Gasteiger partial charge in [-0.15, -0.1) is 11.3 Å². The molecule has 0 aliphatic heterocycles. The van der Waals surface area contributed by atoms with Crippen LogP contribution in [-0.4, -0.2) is 15.7 Å². The van der Waals surface area contributed by atoms with E-state index in [4.69, 9.17) is 4.74 Å². The Bertz CT molecular complexity index is 807. The first kappa shape index (κ1) is 13.6. The molecule has 0 unspecified atom stereocenters. The highest BCUT2D eigenvalue weighted by molar-refractivity contribution is 7.15. The van der Waals surface area contributed by atoms with Crippen molar-refractivity contribution in [3.05, 3.63) is 47.1 Å².